The van der Waals surface area contributed by atoms with E-state index in [0.29, 0.717) is 0 Å². The number of piperazine rings is 1. The van der Waals surface area contributed by atoms with Gasteiger partial charge in [0.05, 0.1) is 17.6 Å². The minimum atomic E-state index is -0.362. The Hall–Kier alpha value is -0.360. The molecule has 1 N–H and O–H groups in total. The van der Waals surface area contributed by atoms with Gasteiger partial charge in [0.2, 0.25) is 0 Å². The van der Waals surface area contributed by atoms with E-state index in [1.54, 1.807) is 7.11 Å². The van der Waals surface area contributed by atoms with Gasteiger partial charge in [0.15, 0.2) is 0 Å². The Kier molecular flexibility index (Phi) is 7.07. The third-order valence-electron chi connectivity index (χ3n) is 3.30. The highest BCUT2D eigenvalue weighted by Gasteiger charge is 2.22. The highest BCUT2D eigenvalue weighted by Crippen LogP contribution is 2.30. The maximum atomic E-state index is 13.3. The molecule has 0 saturated carbocycles. The van der Waals surface area contributed by atoms with Crippen molar-refractivity contribution in [2.75, 3.05) is 40.0 Å². The molecular weight excluding hydrogens is 335 g/mol. The number of hydrogen-bond donors (Lipinski definition) is 1. The standard InChI is InChI=1S/C13H18BrFN2O.ClH/c1-18-13-3-2-10(8-11(13)14)12(9-15)17-6-4-16-5-7-17;/h2-3,8,12,16H,4-7,9H2,1H3;1H/t12-;/m0./s1. The Labute approximate surface area is 128 Å². The molecule has 2 rings (SSSR count). The molecule has 1 fully saturated rings. The highest BCUT2D eigenvalue weighted by atomic mass is 79.9. The van der Waals surface area contributed by atoms with Crippen LogP contribution in [0.3, 0.4) is 0 Å². The van der Waals surface area contributed by atoms with Crippen molar-refractivity contribution in [3.05, 3.63) is 28.2 Å². The Morgan fingerprint density at radius 2 is 2.11 bits per heavy atom. The van der Waals surface area contributed by atoms with Crippen LogP contribution in [0.1, 0.15) is 11.6 Å². The summed E-state index contributed by atoms with van der Waals surface area (Å²) in [4.78, 5) is 2.19. The first-order chi connectivity index (χ1) is 8.76. The van der Waals surface area contributed by atoms with Gasteiger partial charge in [0.25, 0.3) is 0 Å². The molecule has 1 aromatic carbocycles. The molecule has 108 valence electrons. The molecule has 1 saturated heterocycles. The van der Waals surface area contributed by atoms with E-state index in [0.717, 1.165) is 42.0 Å². The second kappa shape index (κ2) is 8.04. The summed E-state index contributed by atoms with van der Waals surface area (Å²) in [5.41, 5.74) is 0.993. The van der Waals surface area contributed by atoms with Crippen LogP contribution in [0.4, 0.5) is 4.39 Å². The molecule has 1 heterocycles. The number of halogens is 3. The van der Waals surface area contributed by atoms with Gasteiger partial charge >= 0.3 is 0 Å². The van der Waals surface area contributed by atoms with Gasteiger partial charge in [-0.2, -0.15) is 0 Å². The van der Waals surface area contributed by atoms with Crippen LogP contribution in [0.2, 0.25) is 0 Å². The predicted molar refractivity (Wildman–Crippen MR) is 81.1 cm³/mol. The average Bonchev–Trinajstić information content (AvgIpc) is 2.41. The van der Waals surface area contributed by atoms with Crippen molar-refractivity contribution in [1.29, 1.82) is 0 Å². The topological polar surface area (TPSA) is 24.5 Å². The summed E-state index contributed by atoms with van der Waals surface area (Å²) in [6, 6.07) is 5.61. The SMILES string of the molecule is COc1ccc([C@H](CF)N2CCNCC2)cc1Br.Cl. The van der Waals surface area contributed by atoms with Gasteiger partial charge < -0.3 is 10.1 Å². The first kappa shape index (κ1) is 16.7. The van der Waals surface area contributed by atoms with Gasteiger partial charge in [0.1, 0.15) is 12.4 Å². The number of nitrogens with one attached hydrogen (secondary N) is 1. The molecule has 1 aliphatic heterocycles. The molecule has 0 aromatic heterocycles. The smallest absolute Gasteiger partial charge is 0.133 e. The van der Waals surface area contributed by atoms with Gasteiger partial charge in [-0.1, -0.05) is 6.07 Å². The number of ether oxygens (including phenoxy) is 1. The molecular formula is C13H19BrClFN2O. The van der Waals surface area contributed by atoms with Crippen molar-refractivity contribution in [3.8, 4) is 5.75 Å². The van der Waals surface area contributed by atoms with Crippen LogP contribution < -0.4 is 10.1 Å². The van der Waals surface area contributed by atoms with Crippen LogP contribution >= 0.6 is 28.3 Å². The molecule has 1 aliphatic rings. The molecule has 0 aliphatic carbocycles. The van der Waals surface area contributed by atoms with E-state index in [1.165, 1.54) is 0 Å². The van der Waals surface area contributed by atoms with E-state index < -0.39 is 0 Å². The Morgan fingerprint density at radius 1 is 1.42 bits per heavy atom. The molecule has 3 nitrogen and oxygen atoms in total. The first-order valence-corrected chi connectivity index (χ1v) is 6.89. The maximum absolute atomic E-state index is 13.3. The normalized spacial score (nSPS) is 17.6. The highest BCUT2D eigenvalue weighted by molar-refractivity contribution is 9.10. The average molecular weight is 354 g/mol. The van der Waals surface area contributed by atoms with Crippen LogP contribution in [0.5, 0.6) is 5.75 Å². The fraction of sp³-hybridized carbons (Fsp3) is 0.538. The summed E-state index contributed by atoms with van der Waals surface area (Å²) in [5, 5.41) is 3.28. The van der Waals surface area contributed by atoms with E-state index in [2.05, 4.69) is 26.1 Å². The van der Waals surface area contributed by atoms with Gasteiger partial charge in [-0.3, -0.25) is 4.90 Å². The summed E-state index contributed by atoms with van der Waals surface area (Å²) in [7, 11) is 1.63. The monoisotopic (exact) mass is 352 g/mol. The van der Waals surface area contributed by atoms with Crippen LogP contribution in [0, 0.1) is 0 Å². The zero-order valence-corrected chi connectivity index (χ0v) is 13.3. The van der Waals surface area contributed by atoms with Crippen LogP contribution in [-0.2, 0) is 0 Å². The van der Waals surface area contributed by atoms with E-state index in [4.69, 9.17) is 4.74 Å². The second-order valence-corrected chi connectivity index (χ2v) is 5.20. The van der Waals surface area contributed by atoms with E-state index in [9.17, 15) is 4.39 Å². The Morgan fingerprint density at radius 3 is 2.63 bits per heavy atom. The number of nitrogens with zero attached hydrogens (tertiary/aromatic N) is 1. The third kappa shape index (κ3) is 4.05. The predicted octanol–water partition coefficient (Wildman–Crippen LogP) is 2.80. The maximum Gasteiger partial charge on any atom is 0.133 e. The van der Waals surface area contributed by atoms with Gasteiger partial charge in [-0.05, 0) is 33.6 Å². The van der Waals surface area contributed by atoms with E-state index >= 15 is 0 Å². The lowest BCUT2D eigenvalue weighted by Gasteiger charge is -2.33. The van der Waals surface area contributed by atoms with Gasteiger partial charge in [0, 0.05) is 26.2 Å². The number of rotatable bonds is 4. The molecule has 6 heteroatoms. The van der Waals surface area contributed by atoms with Crippen molar-refractivity contribution in [1.82, 2.24) is 10.2 Å². The summed E-state index contributed by atoms with van der Waals surface area (Å²) in [6.07, 6.45) is 0. The largest absolute Gasteiger partial charge is 0.496 e. The summed E-state index contributed by atoms with van der Waals surface area (Å²) >= 11 is 3.45. The molecule has 0 amide bonds. The van der Waals surface area contributed by atoms with Gasteiger partial charge in [-0.25, -0.2) is 4.39 Å². The molecule has 0 spiro atoms. The molecule has 1 aromatic rings. The van der Waals surface area contributed by atoms with Crippen molar-refractivity contribution < 1.29 is 9.13 Å². The number of benzene rings is 1. The quantitative estimate of drug-likeness (QED) is 0.901. The van der Waals surface area contributed by atoms with E-state index in [-0.39, 0.29) is 25.1 Å². The molecule has 0 bridgehead atoms. The summed E-state index contributed by atoms with van der Waals surface area (Å²) < 4.78 is 19.4. The van der Waals surface area contributed by atoms with Crippen LogP contribution in [0.15, 0.2) is 22.7 Å². The van der Waals surface area contributed by atoms with Crippen molar-refractivity contribution in [3.63, 3.8) is 0 Å². The van der Waals surface area contributed by atoms with Gasteiger partial charge in [-0.15, -0.1) is 12.4 Å². The third-order valence-corrected chi connectivity index (χ3v) is 3.92. The van der Waals surface area contributed by atoms with E-state index in [1.807, 2.05) is 18.2 Å². The van der Waals surface area contributed by atoms with Crippen molar-refractivity contribution in [2.24, 2.45) is 0 Å². The number of hydrogen-bond acceptors (Lipinski definition) is 3. The fourth-order valence-corrected chi connectivity index (χ4v) is 2.84. The first-order valence-electron chi connectivity index (χ1n) is 6.10. The molecule has 0 unspecified atom stereocenters. The fourth-order valence-electron chi connectivity index (χ4n) is 2.28. The lowest BCUT2D eigenvalue weighted by atomic mass is 10.1. The van der Waals surface area contributed by atoms with Crippen LogP contribution in [-0.4, -0.2) is 44.9 Å². The van der Waals surface area contributed by atoms with Crippen molar-refractivity contribution >= 4 is 28.3 Å². The summed E-state index contributed by atoms with van der Waals surface area (Å²) in [5.74, 6) is 0.775. The lowest BCUT2D eigenvalue weighted by Crippen LogP contribution is -2.45. The molecule has 1 atom stereocenters. The number of methoxy groups -OCH3 is 1. The zero-order chi connectivity index (χ0) is 13.0. The van der Waals surface area contributed by atoms with Crippen LogP contribution in [0.25, 0.3) is 0 Å². The lowest BCUT2D eigenvalue weighted by molar-refractivity contribution is 0.147. The molecule has 19 heavy (non-hydrogen) atoms. The minimum absolute atomic E-state index is 0. The number of alkyl halides is 1. The Balaban J connectivity index is 0.00000180. The molecule has 0 radical (unpaired) electrons. The second-order valence-electron chi connectivity index (χ2n) is 4.35. The minimum Gasteiger partial charge on any atom is -0.496 e. The van der Waals surface area contributed by atoms with Crippen molar-refractivity contribution in [2.45, 2.75) is 6.04 Å². The summed E-state index contributed by atoms with van der Waals surface area (Å²) in [6.45, 7) is 3.26. The zero-order valence-electron chi connectivity index (χ0n) is 10.9. The Bertz CT molecular complexity index is 402.